The van der Waals surface area contributed by atoms with Crippen LogP contribution in [-0.2, 0) is 12.8 Å². The van der Waals surface area contributed by atoms with Crippen LogP contribution in [0.5, 0.6) is 0 Å². The Morgan fingerprint density at radius 2 is 1.78 bits per heavy atom. The molecule has 2 aromatic heterocycles. The monoisotopic (exact) mass is 238 g/mol. The van der Waals surface area contributed by atoms with E-state index in [1.807, 2.05) is 0 Å². The van der Waals surface area contributed by atoms with Crippen LogP contribution in [0.15, 0.2) is 30.3 Å². The van der Waals surface area contributed by atoms with Gasteiger partial charge in [0.25, 0.3) is 0 Å². The van der Waals surface area contributed by atoms with E-state index in [0.29, 0.717) is 0 Å². The number of aromatic nitrogens is 2. The number of fused-ring (bicyclic) bond motifs is 3. The summed E-state index contributed by atoms with van der Waals surface area (Å²) in [6.45, 7) is 6.50. The van der Waals surface area contributed by atoms with E-state index < -0.39 is 0 Å². The molecule has 0 atom stereocenters. The molecule has 3 rings (SSSR count). The highest BCUT2D eigenvalue weighted by Crippen LogP contribution is 2.28. The van der Waals surface area contributed by atoms with Gasteiger partial charge in [0.2, 0.25) is 0 Å². The van der Waals surface area contributed by atoms with Crippen LogP contribution in [-0.4, -0.2) is 9.61 Å². The topological polar surface area (TPSA) is 17.3 Å². The van der Waals surface area contributed by atoms with Crippen molar-refractivity contribution in [1.29, 1.82) is 0 Å². The second kappa shape index (κ2) is 4.13. The van der Waals surface area contributed by atoms with Crippen molar-refractivity contribution in [3.63, 3.8) is 0 Å². The van der Waals surface area contributed by atoms with Gasteiger partial charge in [0, 0.05) is 11.1 Å². The Morgan fingerprint density at radius 1 is 1.06 bits per heavy atom. The van der Waals surface area contributed by atoms with Crippen LogP contribution in [0.3, 0.4) is 0 Å². The molecule has 2 heterocycles. The van der Waals surface area contributed by atoms with Gasteiger partial charge >= 0.3 is 0 Å². The molecule has 1 aromatic carbocycles. The van der Waals surface area contributed by atoms with Crippen LogP contribution in [0.1, 0.15) is 30.8 Å². The summed E-state index contributed by atoms with van der Waals surface area (Å²) < 4.78 is 2.14. The van der Waals surface area contributed by atoms with Crippen molar-refractivity contribution < 1.29 is 0 Å². The van der Waals surface area contributed by atoms with Crippen LogP contribution < -0.4 is 0 Å². The first-order valence-corrected chi connectivity index (χ1v) is 6.65. The lowest BCUT2D eigenvalue weighted by molar-refractivity contribution is 0.834. The largest absolute Gasteiger partial charge is 0.237 e. The van der Waals surface area contributed by atoms with Gasteiger partial charge in [0.15, 0.2) is 0 Å². The minimum absolute atomic E-state index is 1.02. The molecule has 3 aromatic rings. The third-order valence-corrected chi connectivity index (χ3v) is 3.65. The van der Waals surface area contributed by atoms with E-state index >= 15 is 0 Å². The minimum Gasteiger partial charge on any atom is -0.237 e. The van der Waals surface area contributed by atoms with Crippen LogP contribution in [0.4, 0.5) is 0 Å². The Hall–Kier alpha value is -1.83. The summed E-state index contributed by atoms with van der Waals surface area (Å²) in [4.78, 5) is 0. The lowest BCUT2D eigenvalue weighted by atomic mass is 9.99. The first-order chi connectivity index (χ1) is 8.76. The first kappa shape index (κ1) is 11.3. The third kappa shape index (κ3) is 1.45. The second-order valence-corrected chi connectivity index (χ2v) is 4.76. The summed E-state index contributed by atoms with van der Waals surface area (Å²) in [5.41, 5.74) is 5.10. The highest BCUT2D eigenvalue weighted by Gasteiger charge is 2.13. The number of benzene rings is 1. The maximum Gasteiger partial charge on any atom is 0.0746 e. The normalized spacial score (nSPS) is 11.5. The van der Waals surface area contributed by atoms with Crippen molar-refractivity contribution in [3.8, 4) is 0 Å². The average Bonchev–Trinajstić information content (AvgIpc) is 2.78. The molecular weight excluding hydrogens is 220 g/mol. The van der Waals surface area contributed by atoms with Crippen molar-refractivity contribution in [2.75, 3.05) is 0 Å². The van der Waals surface area contributed by atoms with E-state index in [4.69, 9.17) is 0 Å². The number of rotatable bonds is 2. The standard InChI is InChI=1S/C16H18N2/c1-4-12-13-8-6-7-9-14(13)16-10-11(3)17-18(16)15(12)5-2/h6-10H,4-5H2,1-3H3. The molecule has 0 aliphatic rings. The van der Waals surface area contributed by atoms with E-state index in [1.54, 1.807) is 0 Å². The van der Waals surface area contributed by atoms with Gasteiger partial charge in [-0.1, -0.05) is 38.1 Å². The second-order valence-electron chi connectivity index (χ2n) is 4.76. The molecule has 0 bridgehead atoms. The summed E-state index contributed by atoms with van der Waals surface area (Å²) in [6, 6.07) is 10.8. The summed E-state index contributed by atoms with van der Waals surface area (Å²) >= 11 is 0. The van der Waals surface area contributed by atoms with Crippen LogP contribution in [0.25, 0.3) is 16.3 Å². The molecule has 92 valence electrons. The minimum atomic E-state index is 1.02. The Kier molecular flexibility index (Phi) is 2.58. The maximum atomic E-state index is 4.66. The molecule has 0 spiro atoms. The fraction of sp³-hybridized carbons (Fsp3) is 0.312. The summed E-state index contributed by atoms with van der Waals surface area (Å²) in [6.07, 6.45) is 2.07. The Balaban J connectivity index is 2.60. The lowest BCUT2D eigenvalue weighted by Crippen LogP contribution is -2.04. The highest BCUT2D eigenvalue weighted by molar-refractivity contribution is 5.98. The molecule has 0 radical (unpaired) electrons. The van der Waals surface area contributed by atoms with E-state index in [9.17, 15) is 0 Å². The van der Waals surface area contributed by atoms with E-state index in [0.717, 1.165) is 18.5 Å². The molecule has 2 heteroatoms. The molecule has 0 saturated carbocycles. The van der Waals surface area contributed by atoms with Gasteiger partial charge in [-0.05, 0) is 36.8 Å². The van der Waals surface area contributed by atoms with Gasteiger partial charge in [0.05, 0.1) is 11.2 Å². The Labute approximate surface area is 107 Å². The summed E-state index contributed by atoms with van der Waals surface area (Å²) in [5.74, 6) is 0. The van der Waals surface area contributed by atoms with Gasteiger partial charge in [-0.2, -0.15) is 5.10 Å². The molecule has 0 fully saturated rings. The molecule has 2 nitrogen and oxygen atoms in total. The number of hydrogen-bond acceptors (Lipinski definition) is 1. The average molecular weight is 238 g/mol. The SMILES string of the molecule is CCc1c(CC)n2nc(C)cc2c2ccccc12. The van der Waals surface area contributed by atoms with Gasteiger partial charge in [-0.15, -0.1) is 0 Å². The van der Waals surface area contributed by atoms with E-state index in [2.05, 4.69) is 60.7 Å². The van der Waals surface area contributed by atoms with Crippen LogP contribution in [0.2, 0.25) is 0 Å². The lowest BCUT2D eigenvalue weighted by Gasteiger charge is -2.13. The van der Waals surface area contributed by atoms with Crippen molar-refractivity contribution in [1.82, 2.24) is 9.61 Å². The van der Waals surface area contributed by atoms with Crippen molar-refractivity contribution >= 4 is 16.3 Å². The van der Waals surface area contributed by atoms with E-state index in [1.165, 1.54) is 27.5 Å². The van der Waals surface area contributed by atoms with Crippen molar-refractivity contribution in [2.24, 2.45) is 0 Å². The molecule has 0 N–H and O–H groups in total. The maximum absolute atomic E-state index is 4.66. The van der Waals surface area contributed by atoms with Crippen LogP contribution in [0, 0.1) is 6.92 Å². The van der Waals surface area contributed by atoms with E-state index in [-0.39, 0.29) is 0 Å². The summed E-state index contributed by atoms with van der Waals surface area (Å²) in [5, 5.41) is 7.35. The zero-order valence-corrected chi connectivity index (χ0v) is 11.2. The third-order valence-electron chi connectivity index (χ3n) is 3.65. The first-order valence-electron chi connectivity index (χ1n) is 6.65. The molecule has 0 amide bonds. The van der Waals surface area contributed by atoms with Crippen molar-refractivity contribution in [2.45, 2.75) is 33.6 Å². The number of nitrogens with zero attached hydrogens (tertiary/aromatic N) is 2. The molecule has 0 aliphatic carbocycles. The van der Waals surface area contributed by atoms with Gasteiger partial charge in [0.1, 0.15) is 0 Å². The highest BCUT2D eigenvalue weighted by atomic mass is 15.2. The van der Waals surface area contributed by atoms with Gasteiger partial charge in [-0.25, -0.2) is 4.52 Å². The number of hydrogen-bond donors (Lipinski definition) is 0. The molecule has 0 unspecified atom stereocenters. The Bertz CT molecular complexity index is 723. The van der Waals surface area contributed by atoms with Gasteiger partial charge in [-0.3, -0.25) is 0 Å². The molecule has 18 heavy (non-hydrogen) atoms. The van der Waals surface area contributed by atoms with Crippen LogP contribution >= 0.6 is 0 Å². The molecule has 0 aliphatic heterocycles. The molecule has 0 saturated heterocycles. The fourth-order valence-corrected chi connectivity index (χ4v) is 2.91. The Morgan fingerprint density at radius 3 is 2.44 bits per heavy atom. The molecular formula is C16H18N2. The number of aryl methyl sites for hydroxylation is 3. The predicted molar refractivity (Wildman–Crippen MR) is 76.2 cm³/mol. The fourth-order valence-electron chi connectivity index (χ4n) is 2.91. The zero-order valence-electron chi connectivity index (χ0n) is 11.2. The predicted octanol–water partition coefficient (Wildman–Crippen LogP) is 3.92. The number of pyridine rings is 1. The zero-order chi connectivity index (χ0) is 12.7. The smallest absolute Gasteiger partial charge is 0.0746 e. The van der Waals surface area contributed by atoms with Gasteiger partial charge < -0.3 is 0 Å². The quantitative estimate of drug-likeness (QED) is 0.661. The van der Waals surface area contributed by atoms with Crippen molar-refractivity contribution in [3.05, 3.63) is 47.3 Å². The summed E-state index contributed by atoms with van der Waals surface area (Å²) in [7, 11) is 0.